The molecule has 0 aliphatic carbocycles. The van der Waals surface area contributed by atoms with Gasteiger partial charge in [0.1, 0.15) is 0 Å². The van der Waals surface area contributed by atoms with Gasteiger partial charge in [-0.1, -0.05) is 52.0 Å². The highest BCUT2D eigenvalue weighted by molar-refractivity contribution is 5.25. The van der Waals surface area contributed by atoms with Gasteiger partial charge < -0.3 is 5.73 Å². The standard InChI is InChI=1S/C17H30N2/c1-6-14-8-10-15(11-9-14)16(7-2)19(5)13-17(3,4)12-18/h8-11,16H,6-7,12-13,18H2,1-5H3. The molecule has 108 valence electrons. The van der Waals surface area contributed by atoms with E-state index < -0.39 is 0 Å². The molecule has 0 spiro atoms. The van der Waals surface area contributed by atoms with Crippen LogP contribution in [0.15, 0.2) is 24.3 Å². The molecule has 0 aliphatic rings. The van der Waals surface area contributed by atoms with Gasteiger partial charge in [0, 0.05) is 12.6 Å². The van der Waals surface area contributed by atoms with Gasteiger partial charge in [-0.2, -0.15) is 0 Å². The van der Waals surface area contributed by atoms with Crippen LogP contribution in [-0.2, 0) is 6.42 Å². The summed E-state index contributed by atoms with van der Waals surface area (Å²) >= 11 is 0. The van der Waals surface area contributed by atoms with Crippen LogP contribution in [0.5, 0.6) is 0 Å². The fourth-order valence-electron chi connectivity index (χ4n) is 2.63. The second-order valence-electron chi connectivity index (χ2n) is 6.30. The topological polar surface area (TPSA) is 29.3 Å². The van der Waals surface area contributed by atoms with Crippen molar-refractivity contribution in [3.63, 3.8) is 0 Å². The van der Waals surface area contributed by atoms with Gasteiger partial charge in [-0.3, -0.25) is 4.90 Å². The predicted molar refractivity (Wildman–Crippen MR) is 84.3 cm³/mol. The largest absolute Gasteiger partial charge is 0.330 e. The van der Waals surface area contributed by atoms with Crippen LogP contribution in [0, 0.1) is 5.41 Å². The molecule has 19 heavy (non-hydrogen) atoms. The summed E-state index contributed by atoms with van der Waals surface area (Å²) < 4.78 is 0. The number of hydrogen-bond acceptors (Lipinski definition) is 2. The molecular weight excluding hydrogens is 232 g/mol. The molecule has 0 fully saturated rings. The van der Waals surface area contributed by atoms with Gasteiger partial charge in [0.15, 0.2) is 0 Å². The Morgan fingerprint density at radius 1 is 1.16 bits per heavy atom. The molecule has 1 unspecified atom stereocenters. The average molecular weight is 262 g/mol. The lowest BCUT2D eigenvalue weighted by Gasteiger charge is -2.34. The number of nitrogens with two attached hydrogens (primary N) is 1. The first-order valence-electron chi connectivity index (χ1n) is 7.42. The third-order valence-electron chi connectivity index (χ3n) is 3.92. The van der Waals surface area contributed by atoms with E-state index in [9.17, 15) is 0 Å². The molecule has 0 amide bonds. The molecule has 0 heterocycles. The number of nitrogens with zero attached hydrogens (tertiary/aromatic N) is 1. The monoisotopic (exact) mass is 262 g/mol. The quantitative estimate of drug-likeness (QED) is 0.813. The highest BCUT2D eigenvalue weighted by atomic mass is 15.1. The first-order chi connectivity index (χ1) is 8.93. The van der Waals surface area contributed by atoms with E-state index in [0.29, 0.717) is 6.04 Å². The van der Waals surface area contributed by atoms with Crippen molar-refractivity contribution in [2.24, 2.45) is 11.1 Å². The maximum atomic E-state index is 5.85. The van der Waals surface area contributed by atoms with Gasteiger partial charge in [-0.25, -0.2) is 0 Å². The summed E-state index contributed by atoms with van der Waals surface area (Å²) in [5, 5.41) is 0. The van der Waals surface area contributed by atoms with Crippen molar-refractivity contribution in [1.82, 2.24) is 4.90 Å². The summed E-state index contributed by atoms with van der Waals surface area (Å²) in [7, 11) is 2.21. The van der Waals surface area contributed by atoms with Gasteiger partial charge in [0.2, 0.25) is 0 Å². The van der Waals surface area contributed by atoms with Crippen molar-refractivity contribution in [3.05, 3.63) is 35.4 Å². The second-order valence-corrected chi connectivity index (χ2v) is 6.30. The third-order valence-corrected chi connectivity index (χ3v) is 3.92. The maximum Gasteiger partial charge on any atom is 0.0342 e. The van der Waals surface area contributed by atoms with Crippen molar-refractivity contribution in [2.45, 2.75) is 46.6 Å². The van der Waals surface area contributed by atoms with Gasteiger partial charge in [-0.05, 0) is 43.0 Å². The molecule has 0 radical (unpaired) electrons. The minimum Gasteiger partial charge on any atom is -0.330 e. The van der Waals surface area contributed by atoms with E-state index in [1.807, 2.05) is 0 Å². The summed E-state index contributed by atoms with van der Waals surface area (Å²) in [5.74, 6) is 0. The van der Waals surface area contributed by atoms with Crippen LogP contribution in [0.2, 0.25) is 0 Å². The Balaban J connectivity index is 2.81. The molecule has 0 saturated carbocycles. The van der Waals surface area contributed by atoms with Gasteiger partial charge in [0.25, 0.3) is 0 Å². The molecule has 2 N–H and O–H groups in total. The van der Waals surface area contributed by atoms with E-state index in [1.54, 1.807) is 0 Å². The van der Waals surface area contributed by atoms with Crippen LogP contribution < -0.4 is 5.73 Å². The molecule has 2 heteroatoms. The van der Waals surface area contributed by atoms with Crippen molar-refractivity contribution in [2.75, 3.05) is 20.1 Å². The zero-order valence-electron chi connectivity index (χ0n) is 13.2. The first kappa shape index (κ1) is 16.2. The van der Waals surface area contributed by atoms with E-state index in [-0.39, 0.29) is 5.41 Å². The Hall–Kier alpha value is -0.860. The Morgan fingerprint density at radius 2 is 1.74 bits per heavy atom. The van der Waals surface area contributed by atoms with Crippen LogP contribution in [0.1, 0.15) is 51.3 Å². The molecule has 1 aromatic carbocycles. The fraction of sp³-hybridized carbons (Fsp3) is 0.647. The molecule has 1 aromatic rings. The lowest BCUT2D eigenvalue weighted by atomic mass is 9.91. The smallest absolute Gasteiger partial charge is 0.0342 e. The maximum absolute atomic E-state index is 5.85. The third kappa shape index (κ3) is 4.63. The molecule has 0 bridgehead atoms. The molecule has 1 atom stereocenters. The molecular formula is C17H30N2. The van der Waals surface area contributed by atoms with Crippen LogP contribution in [0.4, 0.5) is 0 Å². The number of benzene rings is 1. The van der Waals surface area contributed by atoms with Crippen LogP contribution in [-0.4, -0.2) is 25.0 Å². The fourth-order valence-corrected chi connectivity index (χ4v) is 2.63. The van der Waals surface area contributed by atoms with E-state index in [2.05, 4.69) is 63.9 Å². The van der Waals surface area contributed by atoms with E-state index in [0.717, 1.165) is 25.9 Å². The Morgan fingerprint density at radius 3 is 2.16 bits per heavy atom. The molecule has 0 aromatic heterocycles. The van der Waals surface area contributed by atoms with Crippen LogP contribution in [0.25, 0.3) is 0 Å². The summed E-state index contributed by atoms with van der Waals surface area (Å²) in [6.45, 7) is 10.7. The van der Waals surface area contributed by atoms with Crippen molar-refractivity contribution in [3.8, 4) is 0 Å². The van der Waals surface area contributed by atoms with Crippen molar-refractivity contribution >= 4 is 0 Å². The van der Waals surface area contributed by atoms with Crippen LogP contribution >= 0.6 is 0 Å². The normalized spacial score (nSPS) is 13.8. The average Bonchev–Trinajstić information content (AvgIpc) is 2.40. The lowest BCUT2D eigenvalue weighted by Crippen LogP contribution is -2.38. The van der Waals surface area contributed by atoms with Gasteiger partial charge >= 0.3 is 0 Å². The van der Waals surface area contributed by atoms with Crippen molar-refractivity contribution < 1.29 is 0 Å². The van der Waals surface area contributed by atoms with Gasteiger partial charge in [-0.15, -0.1) is 0 Å². The highest BCUT2D eigenvalue weighted by Crippen LogP contribution is 2.26. The first-order valence-corrected chi connectivity index (χ1v) is 7.42. The molecule has 2 nitrogen and oxygen atoms in total. The molecule has 1 rings (SSSR count). The number of rotatable bonds is 7. The predicted octanol–water partition coefficient (Wildman–Crippen LogP) is 3.62. The second kappa shape index (κ2) is 7.06. The SMILES string of the molecule is CCc1ccc(C(CC)N(C)CC(C)(C)CN)cc1. The number of aryl methyl sites for hydroxylation is 1. The van der Waals surface area contributed by atoms with E-state index in [1.165, 1.54) is 11.1 Å². The molecule has 0 aliphatic heterocycles. The Kier molecular flexibility index (Phi) is 6.02. The van der Waals surface area contributed by atoms with Crippen LogP contribution in [0.3, 0.4) is 0 Å². The zero-order valence-corrected chi connectivity index (χ0v) is 13.2. The van der Waals surface area contributed by atoms with Crippen molar-refractivity contribution in [1.29, 1.82) is 0 Å². The van der Waals surface area contributed by atoms with E-state index in [4.69, 9.17) is 5.73 Å². The minimum absolute atomic E-state index is 0.172. The molecule has 0 saturated heterocycles. The number of hydrogen-bond donors (Lipinski definition) is 1. The lowest BCUT2D eigenvalue weighted by molar-refractivity contribution is 0.161. The van der Waals surface area contributed by atoms with Gasteiger partial charge in [0.05, 0.1) is 0 Å². The zero-order chi connectivity index (χ0) is 14.5. The Bertz CT molecular complexity index is 367. The summed E-state index contributed by atoms with van der Waals surface area (Å²) in [5.41, 5.74) is 8.84. The van der Waals surface area contributed by atoms with E-state index >= 15 is 0 Å². The summed E-state index contributed by atoms with van der Waals surface area (Å²) in [6.07, 6.45) is 2.23. The highest BCUT2D eigenvalue weighted by Gasteiger charge is 2.23. The summed E-state index contributed by atoms with van der Waals surface area (Å²) in [6, 6.07) is 9.54. The minimum atomic E-state index is 0.172. The Labute approximate surface area is 119 Å². The summed E-state index contributed by atoms with van der Waals surface area (Å²) in [4.78, 5) is 2.44.